The van der Waals surface area contributed by atoms with Crippen molar-refractivity contribution in [3.63, 3.8) is 0 Å². The Balaban J connectivity index is 1.60. The van der Waals surface area contributed by atoms with Crippen LogP contribution in [0.4, 0.5) is 5.69 Å². The summed E-state index contributed by atoms with van der Waals surface area (Å²) >= 11 is 0. The first-order chi connectivity index (χ1) is 14.4. The molecule has 2 aromatic carbocycles. The molecule has 0 bridgehead atoms. The number of para-hydroxylation sites is 1. The molecule has 3 atom stereocenters. The lowest BCUT2D eigenvalue weighted by atomic mass is 9.87. The highest BCUT2D eigenvalue weighted by atomic mass is 16.2. The minimum absolute atomic E-state index is 0.0375. The van der Waals surface area contributed by atoms with Gasteiger partial charge >= 0.3 is 0 Å². The molecule has 0 saturated carbocycles. The van der Waals surface area contributed by atoms with Crippen molar-refractivity contribution in [3.8, 4) is 0 Å². The summed E-state index contributed by atoms with van der Waals surface area (Å²) in [6.07, 6.45) is 0. The number of likely N-dealkylation sites (tertiary alicyclic amines) is 2. The molecule has 0 unspecified atom stereocenters. The topological polar surface area (TPSA) is 52.7 Å². The Hall–Kier alpha value is -2.82. The number of carbonyl (C=O) groups is 2. The van der Waals surface area contributed by atoms with E-state index in [4.69, 9.17) is 0 Å². The van der Waals surface area contributed by atoms with E-state index >= 15 is 0 Å². The average molecular weight is 406 g/mol. The second-order valence-corrected chi connectivity index (χ2v) is 8.95. The van der Waals surface area contributed by atoms with Crippen LogP contribution < -0.4 is 5.32 Å². The second kappa shape index (κ2) is 8.13. The fourth-order valence-electron chi connectivity index (χ4n) is 5.13. The Morgan fingerprint density at radius 1 is 1.00 bits per heavy atom. The molecule has 2 amide bonds. The third-order valence-corrected chi connectivity index (χ3v) is 6.46. The Labute approximate surface area is 179 Å². The predicted molar refractivity (Wildman–Crippen MR) is 119 cm³/mol. The van der Waals surface area contributed by atoms with Crippen molar-refractivity contribution in [1.29, 1.82) is 0 Å². The maximum atomic E-state index is 13.4. The van der Waals surface area contributed by atoms with Crippen LogP contribution in [0, 0.1) is 18.8 Å². The number of aryl methyl sites for hydroxylation is 1. The van der Waals surface area contributed by atoms with Gasteiger partial charge in [0.05, 0.1) is 11.6 Å². The van der Waals surface area contributed by atoms with Crippen molar-refractivity contribution in [2.45, 2.75) is 39.8 Å². The number of hydrogen-bond acceptors (Lipinski definition) is 3. The van der Waals surface area contributed by atoms with Gasteiger partial charge < -0.3 is 15.1 Å². The van der Waals surface area contributed by atoms with Crippen LogP contribution in [0.15, 0.2) is 48.5 Å². The Kier molecular flexibility index (Phi) is 5.54. The summed E-state index contributed by atoms with van der Waals surface area (Å²) in [5.41, 5.74) is 4.01. The SMILES string of the molecule is CC(=O)N1C[C@H]2CN(C(=O)c3ccccc3NC(C)C)C[C@H]2[C@H]1c1ccccc1C. The number of hydrogen-bond donors (Lipinski definition) is 1. The molecule has 0 aromatic heterocycles. The fraction of sp³-hybridized carbons (Fsp3) is 0.440. The van der Waals surface area contributed by atoms with E-state index < -0.39 is 0 Å². The molecule has 30 heavy (non-hydrogen) atoms. The van der Waals surface area contributed by atoms with E-state index in [9.17, 15) is 9.59 Å². The van der Waals surface area contributed by atoms with E-state index in [1.165, 1.54) is 11.1 Å². The highest BCUT2D eigenvalue weighted by molar-refractivity contribution is 5.99. The average Bonchev–Trinajstić information content (AvgIpc) is 3.26. The van der Waals surface area contributed by atoms with Gasteiger partial charge in [0.2, 0.25) is 5.91 Å². The van der Waals surface area contributed by atoms with Crippen molar-refractivity contribution in [2.75, 3.05) is 25.0 Å². The van der Waals surface area contributed by atoms with Crippen LogP contribution in [0.5, 0.6) is 0 Å². The van der Waals surface area contributed by atoms with E-state index in [1.54, 1.807) is 6.92 Å². The van der Waals surface area contributed by atoms with Crippen LogP contribution in [-0.4, -0.2) is 47.3 Å². The Bertz CT molecular complexity index is 955. The molecule has 2 aliphatic heterocycles. The number of amides is 2. The Morgan fingerprint density at radius 2 is 1.70 bits per heavy atom. The van der Waals surface area contributed by atoms with Gasteiger partial charge in [-0.3, -0.25) is 9.59 Å². The van der Waals surface area contributed by atoms with Crippen LogP contribution in [0.1, 0.15) is 48.3 Å². The highest BCUT2D eigenvalue weighted by Gasteiger charge is 2.49. The number of nitrogens with one attached hydrogen (secondary N) is 1. The van der Waals surface area contributed by atoms with Gasteiger partial charge in [0.25, 0.3) is 5.91 Å². The quantitative estimate of drug-likeness (QED) is 0.833. The van der Waals surface area contributed by atoms with E-state index in [1.807, 2.05) is 46.2 Å². The van der Waals surface area contributed by atoms with Crippen LogP contribution in [0.3, 0.4) is 0 Å². The lowest BCUT2D eigenvalue weighted by Crippen LogP contribution is -2.37. The fourth-order valence-corrected chi connectivity index (χ4v) is 5.13. The smallest absolute Gasteiger partial charge is 0.255 e. The molecule has 0 radical (unpaired) electrons. The first-order valence-electron chi connectivity index (χ1n) is 10.8. The third-order valence-electron chi connectivity index (χ3n) is 6.46. The molecule has 0 spiro atoms. The number of benzene rings is 2. The molecular formula is C25H31N3O2. The highest BCUT2D eigenvalue weighted by Crippen LogP contribution is 2.46. The molecule has 5 heteroatoms. The van der Waals surface area contributed by atoms with Gasteiger partial charge in [-0.1, -0.05) is 36.4 Å². The summed E-state index contributed by atoms with van der Waals surface area (Å²) < 4.78 is 0. The summed E-state index contributed by atoms with van der Waals surface area (Å²) in [6.45, 7) is 10.0. The minimum atomic E-state index is 0.0375. The molecule has 2 aromatic rings. The molecule has 2 aliphatic rings. The zero-order chi connectivity index (χ0) is 21.4. The zero-order valence-electron chi connectivity index (χ0n) is 18.3. The molecule has 0 aliphatic carbocycles. The third kappa shape index (κ3) is 3.69. The van der Waals surface area contributed by atoms with Crippen LogP contribution in [0.2, 0.25) is 0 Å². The summed E-state index contributed by atoms with van der Waals surface area (Å²) in [5.74, 6) is 0.768. The van der Waals surface area contributed by atoms with Gasteiger partial charge in [0.15, 0.2) is 0 Å². The van der Waals surface area contributed by atoms with Gasteiger partial charge in [-0.15, -0.1) is 0 Å². The first-order valence-corrected chi connectivity index (χ1v) is 10.8. The normalized spacial score (nSPS) is 23.0. The van der Waals surface area contributed by atoms with E-state index in [0.29, 0.717) is 25.6 Å². The molecular weight excluding hydrogens is 374 g/mol. The first kappa shape index (κ1) is 20.5. The number of nitrogens with zero attached hydrogens (tertiary/aromatic N) is 2. The lowest BCUT2D eigenvalue weighted by molar-refractivity contribution is -0.130. The largest absolute Gasteiger partial charge is 0.382 e. The molecule has 1 N–H and O–H groups in total. The molecule has 2 fully saturated rings. The van der Waals surface area contributed by atoms with Gasteiger partial charge in [-0.25, -0.2) is 0 Å². The predicted octanol–water partition coefficient (Wildman–Crippen LogP) is 4.11. The van der Waals surface area contributed by atoms with Crippen molar-refractivity contribution >= 4 is 17.5 Å². The minimum Gasteiger partial charge on any atom is -0.382 e. The standard InChI is InChI=1S/C25H31N3O2/c1-16(2)26-23-12-8-7-11-21(23)25(30)27-13-19-14-28(18(4)29)24(22(19)15-27)20-10-6-5-9-17(20)3/h5-12,16,19,22,24,26H,13-15H2,1-4H3/t19-,22-,24-/m1/s1. The molecule has 2 saturated heterocycles. The monoisotopic (exact) mass is 405 g/mol. The van der Waals surface area contributed by atoms with Gasteiger partial charge in [-0.05, 0) is 44.0 Å². The van der Waals surface area contributed by atoms with Crippen molar-refractivity contribution in [2.24, 2.45) is 11.8 Å². The zero-order valence-corrected chi connectivity index (χ0v) is 18.3. The number of rotatable bonds is 4. The second-order valence-electron chi connectivity index (χ2n) is 8.95. The van der Waals surface area contributed by atoms with Crippen LogP contribution in [0.25, 0.3) is 0 Å². The summed E-state index contributed by atoms with van der Waals surface area (Å²) in [6, 6.07) is 16.4. The van der Waals surface area contributed by atoms with E-state index in [0.717, 1.165) is 11.3 Å². The molecule has 5 nitrogen and oxygen atoms in total. The van der Waals surface area contributed by atoms with Gasteiger partial charge in [-0.2, -0.15) is 0 Å². The summed E-state index contributed by atoms with van der Waals surface area (Å²) in [5, 5.41) is 3.39. The number of fused-ring (bicyclic) bond motifs is 1. The van der Waals surface area contributed by atoms with Gasteiger partial charge in [0, 0.05) is 50.1 Å². The van der Waals surface area contributed by atoms with Crippen molar-refractivity contribution in [1.82, 2.24) is 9.80 Å². The maximum Gasteiger partial charge on any atom is 0.255 e. The van der Waals surface area contributed by atoms with Crippen molar-refractivity contribution < 1.29 is 9.59 Å². The summed E-state index contributed by atoms with van der Waals surface area (Å²) in [4.78, 5) is 29.8. The number of carbonyl (C=O) groups excluding carboxylic acids is 2. The lowest BCUT2D eigenvalue weighted by Gasteiger charge is -2.30. The van der Waals surface area contributed by atoms with Crippen LogP contribution in [-0.2, 0) is 4.79 Å². The molecule has 158 valence electrons. The Morgan fingerprint density at radius 3 is 2.40 bits per heavy atom. The van der Waals surface area contributed by atoms with Gasteiger partial charge in [0.1, 0.15) is 0 Å². The number of anilines is 1. The molecule has 4 rings (SSSR count). The van der Waals surface area contributed by atoms with Crippen molar-refractivity contribution in [3.05, 3.63) is 65.2 Å². The van der Waals surface area contributed by atoms with E-state index in [-0.39, 0.29) is 29.8 Å². The molecule has 2 heterocycles. The van der Waals surface area contributed by atoms with Crippen LogP contribution >= 0.6 is 0 Å². The van der Waals surface area contributed by atoms with E-state index in [2.05, 4.69) is 38.2 Å². The maximum absolute atomic E-state index is 13.4. The summed E-state index contributed by atoms with van der Waals surface area (Å²) in [7, 11) is 0.